The molecule has 0 radical (unpaired) electrons. The maximum atomic E-state index is 12.3. The molecule has 2 fully saturated rings. The van der Waals surface area contributed by atoms with Gasteiger partial charge in [-0.2, -0.15) is 0 Å². The fourth-order valence-electron chi connectivity index (χ4n) is 2.65. The summed E-state index contributed by atoms with van der Waals surface area (Å²) < 4.78 is 0. The molecule has 1 aliphatic carbocycles. The van der Waals surface area contributed by atoms with Gasteiger partial charge in [-0.15, -0.1) is 0 Å². The smallest absolute Gasteiger partial charge is 0.159 e. The molecular weight excluding hydrogens is 240 g/mol. The second kappa shape index (κ2) is 5.13. The number of nitrogens with zero attached hydrogens (tertiary/aromatic N) is 1. The largest absolute Gasteiger partial charge is 0.359 e. The number of rotatable bonds is 4. The Balaban J connectivity index is 1.81. The van der Waals surface area contributed by atoms with E-state index in [1.54, 1.807) is 0 Å². The number of anilines is 1. The maximum absolute atomic E-state index is 12.3. The van der Waals surface area contributed by atoms with Gasteiger partial charge in [-0.25, -0.2) is 0 Å². The third-order valence-electron chi connectivity index (χ3n) is 3.91. The van der Waals surface area contributed by atoms with Gasteiger partial charge in [-0.05, 0) is 37.1 Å². The minimum absolute atomic E-state index is 0.0525. The van der Waals surface area contributed by atoms with Crippen LogP contribution in [0.4, 0.5) is 5.69 Å². The van der Waals surface area contributed by atoms with Crippen LogP contribution in [0.5, 0.6) is 0 Å². The van der Waals surface area contributed by atoms with E-state index >= 15 is 0 Å². The fourth-order valence-corrected chi connectivity index (χ4v) is 2.65. The van der Waals surface area contributed by atoms with Gasteiger partial charge in [0.15, 0.2) is 5.78 Å². The van der Waals surface area contributed by atoms with E-state index in [0.29, 0.717) is 11.3 Å². The summed E-state index contributed by atoms with van der Waals surface area (Å²) in [5.74, 6) is 0.647. The first-order valence-electron chi connectivity index (χ1n) is 6.86. The zero-order valence-corrected chi connectivity index (χ0v) is 10.8. The first kappa shape index (κ1) is 12.4. The van der Waals surface area contributed by atoms with Crippen LogP contribution < -0.4 is 10.2 Å². The SMILES string of the molecule is O=Cc1ccc(N2CCNCC2C(=O)C2CC2)cc1. The average Bonchev–Trinajstić information content (AvgIpc) is 3.31. The monoisotopic (exact) mass is 258 g/mol. The van der Waals surface area contributed by atoms with Gasteiger partial charge in [0.1, 0.15) is 12.3 Å². The van der Waals surface area contributed by atoms with Crippen molar-refractivity contribution in [3.63, 3.8) is 0 Å². The molecule has 3 rings (SSSR count). The van der Waals surface area contributed by atoms with Crippen molar-refractivity contribution in [2.45, 2.75) is 18.9 Å². The number of hydrogen-bond acceptors (Lipinski definition) is 4. The van der Waals surface area contributed by atoms with Crippen LogP contribution in [-0.4, -0.2) is 37.7 Å². The molecule has 1 aromatic carbocycles. The van der Waals surface area contributed by atoms with Gasteiger partial charge in [-0.1, -0.05) is 0 Å². The van der Waals surface area contributed by atoms with Crippen molar-refractivity contribution in [2.75, 3.05) is 24.5 Å². The number of Topliss-reactive ketones (excluding diaryl/α,β-unsaturated/α-hetero) is 1. The van der Waals surface area contributed by atoms with Crippen molar-refractivity contribution in [3.05, 3.63) is 29.8 Å². The Morgan fingerprint density at radius 1 is 1.26 bits per heavy atom. The third-order valence-corrected chi connectivity index (χ3v) is 3.91. The summed E-state index contributed by atoms with van der Waals surface area (Å²) in [6, 6.07) is 7.43. The summed E-state index contributed by atoms with van der Waals surface area (Å²) in [4.78, 5) is 25.2. The highest BCUT2D eigenvalue weighted by molar-refractivity contribution is 5.91. The molecule has 4 nitrogen and oxygen atoms in total. The minimum atomic E-state index is -0.0525. The van der Waals surface area contributed by atoms with Crippen LogP contribution in [0.2, 0.25) is 0 Å². The molecule has 1 saturated heterocycles. The number of benzene rings is 1. The molecular formula is C15H18N2O2. The van der Waals surface area contributed by atoms with Crippen molar-refractivity contribution in [2.24, 2.45) is 5.92 Å². The van der Waals surface area contributed by atoms with Crippen molar-refractivity contribution < 1.29 is 9.59 Å². The van der Waals surface area contributed by atoms with Gasteiger partial charge >= 0.3 is 0 Å². The Bertz CT molecular complexity index is 479. The van der Waals surface area contributed by atoms with Gasteiger partial charge in [0.05, 0.1) is 0 Å². The lowest BCUT2D eigenvalue weighted by Gasteiger charge is -2.37. The van der Waals surface area contributed by atoms with Gasteiger partial charge in [0.25, 0.3) is 0 Å². The van der Waals surface area contributed by atoms with E-state index < -0.39 is 0 Å². The zero-order chi connectivity index (χ0) is 13.2. The van der Waals surface area contributed by atoms with E-state index in [1.807, 2.05) is 24.3 Å². The number of carbonyl (C=O) groups is 2. The molecule has 1 heterocycles. The molecule has 0 aromatic heterocycles. The molecule has 1 saturated carbocycles. The maximum Gasteiger partial charge on any atom is 0.159 e. The van der Waals surface area contributed by atoms with Gasteiger partial charge in [-0.3, -0.25) is 9.59 Å². The Hall–Kier alpha value is -1.68. The highest BCUT2D eigenvalue weighted by Crippen LogP contribution is 2.33. The topological polar surface area (TPSA) is 49.4 Å². The van der Waals surface area contributed by atoms with Crippen molar-refractivity contribution in [1.29, 1.82) is 0 Å². The van der Waals surface area contributed by atoms with Crippen LogP contribution in [0.15, 0.2) is 24.3 Å². The Kier molecular flexibility index (Phi) is 3.34. The normalized spacial score (nSPS) is 23.2. The van der Waals surface area contributed by atoms with Crippen molar-refractivity contribution in [1.82, 2.24) is 5.32 Å². The van der Waals surface area contributed by atoms with E-state index in [2.05, 4.69) is 10.2 Å². The van der Waals surface area contributed by atoms with Crippen molar-refractivity contribution in [3.8, 4) is 0 Å². The predicted molar refractivity (Wildman–Crippen MR) is 73.6 cm³/mol. The summed E-state index contributed by atoms with van der Waals surface area (Å²) in [5, 5.41) is 3.30. The molecule has 0 bridgehead atoms. The van der Waals surface area contributed by atoms with Crippen LogP contribution in [0.3, 0.4) is 0 Å². The molecule has 1 N–H and O–H groups in total. The second-order valence-corrected chi connectivity index (χ2v) is 5.30. The Labute approximate surface area is 112 Å². The molecule has 1 unspecified atom stereocenters. The van der Waals surface area contributed by atoms with Gasteiger partial charge in [0.2, 0.25) is 0 Å². The molecule has 0 spiro atoms. The summed E-state index contributed by atoms with van der Waals surface area (Å²) in [6.45, 7) is 2.46. The molecule has 4 heteroatoms. The number of ketones is 1. The summed E-state index contributed by atoms with van der Waals surface area (Å²) >= 11 is 0. The van der Waals surface area contributed by atoms with Gasteiger partial charge in [0, 0.05) is 36.8 Å². The summed E-state index contributed by atoms with van der Waals surface area (Å²) in [6.07, 6.45) is 2.94. The first-order valence-corrected chi connectivity index (χ1v) is 6.86. The Morgan fingerprint density at radius 3 is 2.63 bits per heavy atom. The summed E-state index contributed by atoms with van der Waals surface area (Å²) in [7, 11) is 0. The summed E-state index contributed by atoms with van der Waals surface area (Å²) in [5.41, 5.74) is 1.70. The molecule has 1 atom stereocenters. The quantitative estimate of drug-likeness (QED) is 0.826. The molecule has 19 heavy (non-hydrogen) atoms. The number of piperazine rings is 1. The first-order chi connectivity index (χ1) is 9.29. The van der Waals surface area contributed by atoms with E-state index in [1.165, 1.54) is 0 Å². The second-order valence-electron chi connectivity index (χ2n) is 5.30. The molecule has 2 aliphatic rings. The molecule has 1 aliphatic heterocycles. The van der Waals surface area contributed by atoms with Gasteiger partial charge < -0.3 is 10.2 Å². The lowest BCUT2D eigenvalue weighted by atomic mass is 10.0. The molecule has 100 valence electrons. The lowest BCUT2D eigenvalue weighted by molar-refractivity contribution is -0.121. The zero-order valence-electron chi connectivity index (χ0n) is 10.8. The molecule has 0 amide bonds. The average molecular weight is 258 g/mol. The fraction of sp³-hybridized carbons (Fsp3) is 0.467. The highest BCUT2D eigenvalue weighted by Gasteiger charge is 2.38. The standard InChI is InChI=1S/C15H18N2O2/c18-10-11-1-5-13(6-2-11)17-8-7-16-9-14(17)15(19)12-3-4-12/h1-2,5-6,10,12,14,16H,3-4,7-9H2. The highest BCUT2D eigenvalue weighted by atomic mass is 16.1. The lowest BCUT2D eigenvalue weighted by Crippen LogP contribution is -2.55. The van der Waals surface area contributed by atoms with Crippen LogP contribution in [-0.2, 0) is 4.79 Å². The molecule has 1 aromatic rings. The van der Waals surface area contributed by atoms with Crippen LogP contribution in [0.25, 0.3) is 0 Å². The minimum Gasteiger partial charge on any atom is -0.359 e. The Morgan fingerprint density at radius 2 is 2.00 bits per heavy atom. The predicted octanol–water partition coefficient (Wildman–Crippen LogP) is 1.26. The number of aldehydes is 1. The van der Waals surface area contributed by atoms with E-state index in [-0.39, 0.29) is 12.0 Å². The van der Waals surface area contributed by atoms with Crippen LogP contribution in [0.1, 0.15) is 23.2 Å². The number of hydrogen-bond donors (Lipinski definition) is 1. The number of nitrogens with one attached hydrogen (secondary N) is 1. The number of carbonyl (C=O) groups excluding carboxylic acids is 2. The van der Waals surface area contributed by atoms with E-state index in [9.17, 15) is 9.59 Å². The van der Waals surface area contributed by atoms with Crippen LogP contribution >= 0.6 is 0 Å². The van der Waals surface area contributed by atoms with E-state index in [0.717, 1.165) is 44.4 Å². The van der Waals surface area contributed by atoms with E-state index in [4.69, 9.17) is 0 Å². The van der Waals surface area contributed by atoms with Crippen LogP contribution in [0, 0.1) is 5.92 Å². The third kappa shape index (κ3) is 2.54. The van der Waals surface area contributed by atoms with Crippen molar-refractivity contribution >= 4 is 17.8 Å².